The Hall–Kier alpha value is -1.09. The summed E-state index contributed by atoms with van der Waals surface area (Å²) in [7, 11) is 0. The predicted octanol–water partition coefficient (Wildman–Crippen LogP) is 3.97. The molecule has 1 N–H and O–H groups in total. The van der Waals surface area contributed by atoms with Gasteiger partial charge in [0, 0.05) is 18.8 Å². The fourth-order valence-electron chi connectivity index (χ4n) is 2.69. The number of hydrogen-bond donors (Lipinski definition) is 1. The number of anilines is 1. The number of fused-ring (bicyclic) bond motifs is 1. The van der Waals surface area contributed by atoms with Gasteiger partial charge < -0.3 is 10.1 Å². The highest BCUT2D eigenvalue weighted by atomic mass is 16.5. The molecule has 0 unspecified atom stereocenters. The first-order valence-electron chi connectivity index (χ1n) is 8.17. The van der Waals surface area contributed by atoms with Crippen molar-refractivity contribution in [2.45, 2.75) is 64.9 Å². The first kappa shape index (κ1) is 15.3. The van der Waals surface area contributed by atoms with Crippen LogP contribution in [-0.2, 0) is 17.6 Å². The Morgan fingerprint density at radius 1 is 1.25 bits per heavy atom. The monoisotopic (exact) mass is 276 g/mol. The van der Waals surface area contributed by atoms with E-state index in [1.165, 1.54) is 24.1 Å². The Kier molecular flexibility index (Phi) is 6.31. The molecule has 2 heterocycles. The van der Waals surface area contributed by atoms with E-state index in [0.717, 1.165) is 51.1 Å². The van der Waals surface area contributed by atoms with E-state index in [-0.39, 0.29) is 0 Å². The van der Waals surface area contributed by atoms with E-state index >= 15 is 0 Å². The van der Waals surface area contributed by atoms with Crippen molar-refractivity contribution in [3.63, 3.8) is 0 Å². The zero-order valence-corrected chi connectivity index (χ0v) is 13.0. The molecule has 0 bridgehead atoms. The van der Waals surface area contributed by atoms with Crippen LogP contribution in [0.5, 0.6) is 0 Å². The van der Waals surface area contributed by atoms with Gasteiger partial charge in [0.25, 0.3) is 0 Å². The first-order valence-corrected chi connectivity index (χ1v) is 8.17. The standard InChI is InChI=1S/C17H28N2O/c1-3-16(4-2)20-13-6-5-9-15-11-10-14-8-7-12-18-17(14)19-15/h10-11,16H,3-9,12-13H2,1-2H3,(H,18,19). The highest BCUT2D eigenvalue weighted by molar-refractivity contribution is 5.46. The lowest BCUT2D eigenvalue weighted by molar-refractivity contribution is 0.0460. The van der Waals surface area contributed by atoms with Gasteiger partial charge in [-0.05, 0) is 56.6 Å². The van der Waals surface area contributed by atoms with Crippen molar-refractivity contribution >= 4 is 5.82 Å². The smallest absolute Gasteiger partial charge is 0.129 e. The molecular weight excluding hydrogens is 248 g/mol. The molecule has 1 aliphatic rings. The van der Waals surface area contributed by atoms with Crippen molar-refractivity contribution in [3.05, 3.63) is 23.4 Å². The van der Waals surface area contributed by atoms with Crippen molar-refractivity contribution in [2.24, 2.45) is 0 Å². The molecule has 3 nitrogen and oxygen atoms in total. The van der Waals surface area contributed by atoms with Gasteiger partial charge in [-0.25, -0.2) is 4.98 Å². The number of unbranched alkanes of at least 4 members (excludes halogenated alkanes) is 1. The minimum Gasteiger partial charge on any atom is -0.378 e. The molecule has 0 saturated carbocycles. The van der Waals surface area contributed by atoms with Crippen LogP contribution in [-0.4, -0.2) is 24.2 Å². The molecule has 2 rings (SSSR count). The van der Waals surface area contributed by atoms with Gasteiger partial charge in [-0.2, -0.15) is 0 Å². The summed E-state index contributed by atoms with van der Waals surface area (Å²) in [5, 5.41) is 3.40. The highest BCUT2D eigenvalue weighted by Crippen LogP contribution is 2.20. The van der Waals surface area contributed by atoms with Crippen LogP contribution in [0.4, 0.5) is 5.82 Å². The number of pyridine rings is 1. The number of aromatic nitrogens is 1. The maximum absolute atomic E-state index is 5.84. The first-order chi connectivity index (χ1) is 9.83. The molecule has 3 heteroatoms. The quantitative estimate of drug-likeness (QED) is 0.730. The van der Waals surface area contributed by atoms with E-state index in [0.29, 0.717) is 6.10 Å². The zero-order valence-electron chi connectivity index (χ0n) is 13.0. The van der Waals surface area contributed by atoms with Gasteiger partial charge >= 0.3 is 0 Å². The molecule has 0 amide bonds. The summed E-state index contributed by atoms with van der Waals surface area (Å²) >= 11 is 0. The summed E-state index contributed by atoms with van der Waals surface area (Å²) in [6, 6.07) is 4.43. The third-order valence-corrected chi connectivity index (χ3v) is 4.04. The van der Waals surface area contributed by atoms with Crippen molar-refractivity contribution < 1.29 is 4.74 Å². The van der Waals surface area contributed by atoms with Gasteiger partial charge in [0.2, 0.25) is 0 Å². The Morgan fingerprint density at radius 3 is 2.90 bits per heavy atom. The van der Waals surface area contributed by atoms with Crippen LogP contribution in [0.3, 0.4) is 0 Å². The van der Waals surface area contributed by atoms with Crippen LogP contribution >= 0.6 is 0 Å². The lowest BCUT2D eigenvalue weighted by atomic mass is 10.1. The molecule has 0 saturated heterocycles. The highest BCUT2D eigenvalue weighted by Gasteiger charge is 2.10. The van der Waals surface area contributed by atoms with Gasteiger partial charge in [0.15, 0.2) is 0 Å². The average Bonchev–Trinajstić information content (AvgIpc) is 2.51. The van der Waals surface area contributed by atoms with E-state index in [4.69, 9.17) is 9.72 Å². The average molecular weight is 276 g/mol. The largest absolute Gasteiger partial charge is 0.378 e. The second-order valence-electron chi connectivity index (χ2n) is 5.61. The van der Waals surface area contributed by atoms with Crippen LogP contribution in [0.1, 0.15) is 57.2 Å². The molecular formula is C17H28N2O. The van der Waals surface area contributed by atoms with E-state index in [9.17, 15) is 0 Å². The summed E-state index contributed by atoms with van der Waals surface area (Å²) in [4.78, 5) is 4.73. The van der Waals surface area contributed by atoms with Crippen molar-refractivity contribution in [1.29, 1.82) is 0 Å². The number of rotatable bonds is 8. The number of hydrogen-bond acceptors (Lipinski definition) is 3. The van der Waals surface area contributed by atoms with E-state index < -0.39 is 0 Å². The van der Waals surface area contributed by atoms with Crippen molar-refractivity contribution in [3.8, 4) is 0 Å². The molecule has 0 aliphatic carbocycles. The topological polar surface area (TPSA) is 34.1 Å². The van der Waals surface area contributed by atoms with E-state index in [2.05, 4.69) is 31.3 Å². The van der Waals surface area contributed by atoms with Crippen LogP contribution < -0.4 is 5.32 Å². The minimum atomic E-state index is 0.445. The molecule has 0 atom stereocenters. The van der Waals surface area contributed by atoms with Gasteiger partial charge in [-0.1, -0.05) is 19.9 Å². The molecule has 1 aromatic rings. The van der Waals surface area contributed by atoms with Gasteiger partial charge in [-0.15, -0.1) is 0 Å². The van der Waals surface area contributed by atoms with E-state index in [1.807, 2.05) is 0 Å². The lowest BCUT2D eigenvalue weighted by Crippen LogP contribution is -2.14. The summed E-state index contributed by atoms with van der Waals surface area (Å²) < 4.78 is 5.84. The third-order valence-electron chi connectivity index (χ3n) is 4.04. The molecule has 0 spiro atoms. The molecule has 112 valence electrons. The summed E-state index contributed by atoms with van der Waals surface area (Å²) in [5.41, 5.74) is 2.58. The van der Waals surface area contributed by atoms with Gasteiger partial charge in [0.05, 0.1) is 6.10 Å². The van der Waals surface area contributed by atoms with E-state index in [1.54, 1.807) is 0 Å². The van der Waals surface area contributed by atoms with Crippen LogP contribution in [0.2, 0.25) is 0 Å². The number of aryl methyl sites for hydroxylation is 2. The van der Waals surface area contributed by atoms with Gasteiger partial charge in [-0.3, -0.25) is 0 Å². The van der Waals surface area contributed by atoms with Crippen LogP contribution in [0.25, 0.3) is 0 Å². The Balaban J connectivity index is 1.69. The normalized spacial score (nSPS) is 14.2. The van der Waals surface area contributed by atoms with Crippen LogP contribution in [0.15, 0.2) is 12.1 Å². The second-order valence-corrected chi connectivity index (χ2v) is 5.61. The maximum Gasteiger partial charge on any atom is 0.129 e. The predicted molar refractivity (Wildman–Crippen MR) is 84.3 cm³/mol. The fourth-order valence-corrected chi connectivity index (χ4v) is 2.69. The number of ether oxygens (including phenoxy) is 1. The summed E-state index contributed by atoms with van der Waals surface area (Å²) in [5.74, 6) is 1.11. The van der Waals surface area contributed by atoms with Crippen molar-refractivity contribution in [1.82, 2.24) is 4.98 Å². The molecule has 20 heavy (non-hydrogen) atoms. The SMILES string of the molecule is CCC(CC)OCCCCc1ccc2c(n1)NCCC2. The Bertz CT molecular complexity index is 402. The molecule has 0 fully saturated rings. The maximum atomic E-state index is 5.84. The summed E-state index contributed by atoms with van der Waals surface area (Å²) in [6.45, 7) is 6.33. The zero-order chi connectivity index (χ0) is 14.2. The van der Waals surface area contributed by atoms with Crippen LogP contribution in [0, 0.1) is 0 Å². The molecule has 1 aromatic heterocycles. The van der Waals surface area contributed by atoms with Gasteiger partial charge in [0.1, 0.15) is 5.82 Å². The molecule has 0 radical (unpaired) electrons. The second kappa shape index (κ2) is 8.25. The minimum absolute atomic E-state index is 0.445. The molecule has 1 aliphatic heterocycles. The Morgan fingerprint density at radius 2 is 2.10 bits per heavy atom. The fraction of sp³-hybridized carbons (Fsp3) is 0.706. The summed E-state index contributed by atoms with van der Waals surface area (Å²) in [6.07, 6.45) is 8.42. The van der Waals surface area contributed by atoms with Crippen molar-refractivity contribution in [2.75, 3.05) is 18.5 Å². The number of nitrogens with zero attached hydrogens (tertiary/aromatic N) is 1. The lowest BCUT2D eigenvalue weighted by Gasteiger charge is -2.17. The third kappa shape index (κ3) is 4.48. The molecule has 0 aromatic carbocycles. The Labute approximate surface area is 123 Å². The number of nitrogens with one attached hydrogen (secondary N) is 1.